The number of hydrogen-bond donors (Lipinski definition) is 3. The van der Waals surface area contributed by atoms with Gasteiger partial charge >= 0.3 is 5.97 Å². The minimum Gasteiger partial charge on any atom is -0.481 e. The number of amides is 1. The van der Waals surface area contributed by atoms with Crippen molar-refractivity contribution in [3.8, 4) is 0 Å². The van der Waals surface area contributed by atoms with Crippen molar-refractivity contribution < 1.29 is 14.7 Å². The van der Waals surface area contributed by atoms with Crippen LogP contribution in [0.2, 0.25) is 0 Å². The van der Waals surface area contributed by atoms with Gasteiger partial charge in [-0.25, -0.2) is 0 Å². The molecule has 0 fully saturated rings. The molecule has 0 aliphatic carbocycles. The maximum absolute atomic E-state index is 12.2. The lowest BCUT2D eigenvalue weighted by molar-refractivity contribution is -0.141. The van der Waals surface area contributed by atoms with E-state index in [1.165, 1.54) is 10.9 Å². The van der Waals surface area contributed by atoms with Crippen LogP contribution in [0.4, 0.5) is 0 Å². The summed E-state index contributed by atoms with van der Waals surface area (Å²) in [6, 6.07) is 8.16. The Bertz CT molecular complexity index is 708. The molecule has 136 valence electrons. The lowest BCUT2D eigenvalue weighted by Crippen LogP contribution is -2.30. The van der Waals surface area contributed by atoms with Gasteiger partial charge in [-0.2, -0.15) is 0 Å². The third kappa shape index (κ3) is 5.62. The zero-order valence-electron chi connectivity index (χ0n) is 15.0. The Morgan fingerprint density at radius 2 is 1.80 bits per heavy atom. The number of rotatable bonds is 10. The molecule has 1 heterocycles. The molecule has 2 unspecified atom stereocenters. The number of para-hydroxylation sites is 1. The molecular formula is C20H28N2O3. The van der Waals surface area contributed by atoms with Crippen molar-refractivity contribution in [1.29, 1.82) is 0 Å². The van der Waals surface area contributed by atoms with Crippen LogP contribution in [0.1, 0.15) is 45.1 Å². The zero-order chi connectivity index (χ0) is 18.2. The van der Waals surface area contributed by atoms with Gasteiger partial charge in [0.25, 0.3) is 0 Å². The Morgan fingerprint density at radius 3 is 2.52 bits per heavy atom. The van der Waals surface area contributed by atoms with Gasteiger partial charge in [-0.3, -0.25) is 9.59 Å². The highest BCUT2D eigenvalue weighted by atomic mass is 16.4. The molecule has 2 atom stereocenters. The van der Waals surface area contributed by atoms with Crippen LogP contribution >= 0.6 is 0 Å². The Balaban J connectivity index is 1.66. The Hall–Kier alpha value is -2.30. The summed E-state index contributed by atoms with van der Waals surface area (Å²) in [6.07, 6.45) is 6.01. The van der Waals surface area contributed by atoms with Crippen molar-refractivity contribution in [3.05, 3.63) is 36.0 Å². The fraction of sp³-hybridized carbons (Fsp3) is 0.500. The molecule has 2 rings (SSSR count). The first-order valence-electron chi connectivity index (χ1n) is 9.04. The van der Waals surface area contributed by atoms with E-state index in [-0.39, 0.29) is 17.7 Å². The van der Waals surface area contributed by atoms with Crippen LogP contribution in [0.15, 0.2) is 30.5 Å². The standard InChI is InChI=1S/C20H28N2O3/c1-14(7-3-4-8-15(2)20(24)25)19(23)21-12-11-16-13-22-18-10-6-5-9-17(16)18/h5-6,9-10,13-15,22H,3-4,7-8,11-12H2,1-2H3,(H,21,23)(H,24,25). The van der Waals surface area contributed by atoms with Crippen LogP contribution in [-0.4, -0.2) is 28.5 Å². The van der Waals surface area contributed by atoms with Gasteiger partial charge < -0.3 is 15.4 Å². The Kier molecular flexibility index (Phi) is 7.04. The molecule has 0 aliphatic rings. The van der Waals surface area contributed by atoms with E-state index < -0.39 is 5.97 Å². The van der Waals surface area contributed by atoms with Crippen molar-refractivity contribution in [2.24, 2.45) is 11.8 Å². The van der Waals surface area contributed by atoms with Gasteiger partial charge in [-0.15, -0.1) is 0 Å². The van der Waals surface area contributed by atoms with Crippen LogP contribution in [-0.2, 0) is 16.0 Å². The second-order valence-corrected chi connectivity index (χ2v) is 6.83. The number of benzene rings is 1. The molecule has 1 aromatic carbocycles. The summed E-state index contributed by atoms with van der Waals surface area (Å²) in [4.78, 5) is 26.2. The molecule has 3 N–H and O–H groups in total. The summed E-state index contributed by atoms with van der Waals surface area (Å²) in [5.74, 6) is -1.02. The van der Waals surface area contributed by atoms with Crippen molar-refractivity contribution in [3.63, 3.8) is 0 Å². The first-order valence-corrected chi connectivity index (χ1v) is 9.04. The molecule has 0 saturated carbocycles. The maximum atomic E-state index is 12.2. The molecule has 25 heavy (non-hydrogen) atoms. The fourth-order valence-electron chi connectivity index (χ4n) is 2.99. The number of fused-ring (bicyclic) bond motifs is 1. The number of carboxylic acids is 1. The van der Waals surface area contributed by atoms with Gasteiger partial charge in [0.1, 0.15) is 0 Å². The molecule has 1 aromatic heterocycles. The zero-order valence-corrected chi connectivity index (χ0v) is 15.0. The van der Waals surface area contributed by atoms with Crippen molar-refractivity contribution in [2.75, 3.05) is 6.54 Å². The van der Waals surface area contributed by atoms with Crippen LogP contribution in [0, 0.1) is 11.8 Å². The topological polar surface area (TPSA) is 82.2 Å². The number of nitrogens with one attached hydrogen (secondary N) is 2. The highest BCUT2D eigenvalue weighted by Crippen LogP contribution is 2.18. The summed E-state index contributed by atoms with van der Waals surface area (Å²) < 4.78 is 0. The second-order valence-electron chi connectivity index (χ2n) is 6.83. The van der Waals surface area contributed by atoms with E-state index in [1.807, 2.05) is 31.3 Å². The number of H-pyrrole nitrogens is 1. The molecule has 0 spiro atoms. The number of aliphatic carboxylic acids is 1. The van der Waals surface area contributed by atoms with E-state index in [0.717, 1.165) is 31.2 Å². The molecule has 1 amide bonds. The molecule has 0 aliphatic heterocycles. The number of aromatic amines is 1. The predicted octanol–water partition coefficient (Wildman–Crippen LogP) is 3.74. The average molecular weight is 344 g/mol. The molecule has 0 saturated heterocycles. The second kappa shape index (κ2) is 9.25. The van der Waals surface area contributed by atoms with E-state index in [1.54, 1.807) is 6.92 Å². The lowest BCUT2D eigenvalue weighted by atomic mass is 9.98. The van der Waals surface area contributed by atoms with Crippen molar-refractivity contribution >= 4 is 22.8 Å². The van der Waals surface area contributed by atoms with E-state index in [9.17, 15) is 9.59 Å². The maximum Gasteiger partial charge on any atom is 0.306 e. The fourth-order valence-corrected chi connectivity index (χ4v) is 2.99. The van der Waals surface area contributed by atoms with Gasteiger partial charge in [0.2, 0.25) is 5.91 Å². The highest BCUT2D eigenvalue weighted by molar-refractivity contribution is 5.83. The summed E-state index contributed by atoms with van der Waals surface area (Å²) in [5.41, 5.74) is 2.33. The molecule has 2 aromatic rings. The summed E-state index contributed by atoms with van der Waals surface area (Å²) in [6.45, 7) is 4.28. The first kappa shape index (κ1) is 19.0. The quantitative estimate of drug-likeness (QED) is 0.574. The molecule has 5 nitrogen and oxygen atoms in total. The number of carbonyl (C=O) groups excluding carboxylic acids is 1. The van der Waals surface area contributed by atoms with Gasteiger partial charge in [-0.1, -0.05) is 44.9 Å². The van der Waals surface area contributed by atoms with E-state index in [2.05, 4.69) is 16.4 Å². The Labute approximate surface area is 148 Å². The summed E-state index contributed by atoms with van der Waals surface area (Å²) >= 11 is 0. The van der Waals surface area contributed by atoms with Gasteiger partial charge in [-0.05, 0) is 30.9 Å². The monoisotopic (exact) mass is 344 g/mol. The lowest BCUT2D eigenvalue weighted by Gasteiger charge is -2.12. The summed E-state index contributed by atoms with van der Waals surface area (Å²) in [7, 11) is 0. The van der Waals surface area contributed by atoms with Crippen molar-refractivity contribution in [1.82, 2.24) is 10.3 Å². The molecule has 0 bridgehead atoms. The van der Waals surface area contributed by atoms with E-state index in [4.69, 9.17) is 5.11 Å². The van der Waals surface area contributed by atoms with Gasteiger partial charge in [0, 0.05) is 29.6 Å². The summed E-state index contributed by atoms with van der Waals surface area (Å²) in [5, 5.41) is 13.1. The molecule has 0 radical (unpaired) electrons. The van der Waals surface area contributed by atoms with Gasteiger partial charge in [0.15, 0.2) is 0 Å². The van der Waals surface area contributed by atoms with Crippen molar-refractivity contribution in [2.45, 2.75) is 46.0 Å². The SMILES string of the molecule is CC(CCCCC(C)C(=O)NCCc1c[nH]c2ccccc12)C(=O)O. The predicted molar refractivity (Wildman–Crippen MR) is 99.4 cm³/mol. The minimum atomic E-state index is -0.747. The first-order chi connectivity index (χ1) is 12.0. The third-order valence-corrected chi connectivity index (χ3v) is 4.76. The smallest absolute Gasteiger partial charge is 0.306 e. The third-order valence-electron chi connectivity index (χ3n) is 4.76. The van der Waals surface area contributed by atoms with Crippen LogP contribution < -0.4 is 5.32 Å². The number of carbonyl (C=O) groups is 2. The highest BCUT2D eigenvalue weighted by Gasteiger charge is 2.14. The van der Waals surface area contributed by atoms with Crippen LogP contribution in [0.25, 0.3) is 10.9 Å². The number of carboxylic acid groups (broad SMARTS) is 1. The number of aromatic nitrogens is 1. The minimum absolute atomic E-state index is 0.0388. The molecular weight excluding hydrogens is 316 g/mol. The normalized spacial score (nSPS) is 13.5. The Morgan fingerprint density at radius 1 is 1.12 bits per heavy atom. The molecule has 5 heteroatoms. The van der Waals surface area contributed by atoms with Crippen LogP contribution in [0.5, 0.6) is 0 Å². The number of unbranched alkanes of at least 4 members (excludes halogenated alkanes) is 1. The van der Waals surface area contributed by atoms with Crippen LogP contribution in [0.3, 0.4) is 0 Å². The largest absolute Gasteiger partial charge is 0.481 e. The average Bonchev–Trinajstić information content (AvgIpc) is 3.01. The van der Waals surface area contributed by atoms with E-state index in [0.29, 0.717) is 13.0 Å². The van der Waals surface area contributed by atoms with Gasteiger partial charge in [0.05, 0.1) is 5.92 Å². The number of hydrogen-bond acceptors (Lipinski definition) is 2. The van der Waals surface area contributed by atoms with E-state index >= 15 is 0 Å².